The molecule has 0 radical (unpaired) electrons. The van der Waals surface area contributed by atoms with Gasteiger partial charge in [-0.3, -0.25) is 9.59 Å². The minimum atomic E-state index is -0.338. The van der Waals surface area contributed by atoms with Gasteiger partial charge in [0.1, 0.15) is 0 Å². The zero-order valence-electron chi connectivity index (χ0n) is 16.7. The molecule has 2 aromatic rings. The molecule has 0 saturated carbocycles. The molecule has 6 nitrogen and oxygen atoms in total. The first-order chi connectivity index (χ1) is 13.5. The Morgan fingerprint density at radius 3 is 2.29 bits per heavy atom. The second-order valence-electron chi connectivity index (χ2n) is 6.33. The summed E-state index contributed by atoms with van der Waals surface area (Å²) in [6, 6.07) is 14.9. The number of rotatable bonds is 10. The maximum absolute atomic E-state index is 12.3. The third-order valence-corrected chi connectivity index (χ3v) is 4.19. The smallest absolute Gasteiger partial charge is 0.251 e. The van der Waals surface area contributed by atoms with E-state index in [0.29, 0.717) is 36.8 Å². The van der Waals surface area contributed by atoms with Crippen LogP contribution in [0.15, 0.2) is 48.5 Å². The normalized spacial score (nSPS) is 11.4. The van der Waals surface area contributed by atoms with Crippen LogP contribution < -0.4 is 20.1 Å². The van der Waals surface area contributed by atoms with E-state index in [9.17, 15) is 9.59 Å². The van der Waals surface area contributed by atoms with E-state index in [2.05, 4.69) is 10.6 Å². The first-order valence-corrected chi connectivity index (χ1v) is 9.54. The van der Waals surface area contributed by atoms with Gasteiger partial charge >= 0.3 is 0 Å². The van der Waals surface area contributed by atoms with E-state index in [4.69, 9.17) is 9.47 Å². The molecule has 0 saturated heterocycles. The number of amides is 2. The molecule has 2 N–H and O–H groups in total. The van der Waals surface area contributed by atoms with Crippen molar-refractivity contribution >= 4 is 11.8 Å². The predicted molar refractivity (Wildman–Crippen MR) is 109 cm³/mol. The molecule has 0 spiro atoms. The van der Waals surface area contributed by atoms with Gasteiger partial charge in [0, 0.05) is 12.1 Å². The highest BCUT2D eigenvalue weighted by Gasteiger charge is 2.13. The molecule has 0 bridgehead atoms. The number of carbonyl (C=O) groups is 2. The summed E-state index contributed by atoms with van der Waals surface area (Å²) >= 11 is 0. The molecule has 1 atom stereocenters. The number of benzene rings is 2. The van der Waals surface area contributed by atoms with Gasteiger partial charge in [-0.1, -0.05) is 37.3 Å². The van der Waals surface area contributed by atoms with Gasteiger partial charge in [-0.25, -0.2) is 0 Å². The van der Waals surface area contributed by atoms with Crippen LogP contribution in [0.3, 0.4) is 0 Å². The summed E-state index contributed by atoms with van der Waals surface area (Å²) in [5.41, 5.74) is 1.57. The SMILES string of the molecule is CCOc1ccc(C(=O)NCC(=O)NCC(C)c2ccccc2)cc1OCC. The highest BCUT2D eigenvalue weighted by atomic mass is 16.5. The first-order valence-electron chi connectivity index (χ1n) is 9.54. The first kappa shape index (κ1) is 21.3. The highest BCUT2D eigenvalue weighted by Crippen LogP contribution is 2.28. The molecule has 0 aliphatic carbocycles. The highest BCUT2D eigenvalue weighted by molar-refractivity contribution is 5.97. The molecular formula is C22H28N2O4. The molecule has 150 valence electrons. The second kappa shape index (κ2) is 11.0. The lowest BCUT2D eigenvalue weighted by atomic mass is 10.0. The lowest BCUT2D eigenvalue weighted by Gasteiger charge is -2.14. The van der Waals surface area contributed by atoms with Crippen LogP contribution in [0, 0.1) is 0 Å². The van der Waals surface area contributed by atoms with Crippen LogP contribution in [-0.2, 0) is 4.79 Å². The van der Waals surface area contributed by atoms with Crippen LogP contribution in [0.25, 0.3) is 0 Å². The minimum absolute atomic E-state index is 0.0858. The largest absolute Gasteiger partial charge is 0.490 e. The lowest BCUT2D eigenvalue weighted by molar-refractivity contribution is -0.120. The van der Waals surface area contributed by atoms with Crippen molar-refractivity contribution in [3.8, 4) is 11.5 Å². The molecule has 0 aromatic heterocycles. The van der Waals surface area contributed by atoms with Crippen LogP contribution in [-0.4, -0.2) is 38.1 Å². The molecular weight excluding hydrogens is 356 g/mol. The van der Waals surface area contributed by atoms with E-state index in [0.717, 1.165) is 5.56 Å². The van der Waals surface area contributed by atoms with E-state index in [1.165, 1.54) is 0 Å². The Morgan fingerprint density at radius 2 is 1.61 bits per heavy atom. The van der Waals surface area contributed by atoms with Gasteiger partial charge in [-0.15, -0.1) is 0 Å². The summed E-state index contributed by atoms with van der Waals surface area (Å²) in [7, 11) is 0. The van der Waals surface area contributed by atoms with Gasteiger partial charge in [-0.2, -0.15) is 0 Å². The molecule has 0 aliphatic rings. The fourth-order valence-corrected chi connectivity index (χ4v) is 2.68. The van der Waals surface area contributed by atoms with Gasteiger partial charge < -0.3 is 20.1 Å². The molecule has 2 aromatic carbocycles. The van der Waals surface area contributed by atoms with Gasteiger partial charge in [0.25, 0.3) is 5.91 Å². The van der Waals surface area contributed by atoms with Gasteiger partial charge in [0.05, 0.1) is 19.8 Å². The average Bonchev–Trinajstić information content (AvgIpc) is 2.72. The van der Waals surface area contributed by atoms with Gasteiger partial charge in [0.15, 0.2) is 11.5 Å². The van der Waals surface area contributed by atoms with Crippen LogP contribution in [0.2, 0.25) is 0 Å². The summed E-state index contributed by atoms with van der Waals surface area (Å²) in [6.45, 7) is 7.19. The average molecular weight is 384 g/mol. The van der Waals surface area contributed by atoms with Crippen molar-refractivity contribution in [2.45, 2.75) is 26.7 Å². The summed E-state index contributed by atoms with van der Waals surface area (Å²) in [5, 5.41) is 5.48. The van der Waals surface area contributed by atoms with Gasteiger partial charge in [0.2, 0.25) is 5.91 Å². The molecule has 1 unspecified atom stereocenters. The molecule has 28 heavy (non-hydrogen) atoms. The zero-order chi connectivity index (χ0) is 20.4. The summed E-state index contributed by atoms with van der Waals surface area (Å²) in [5.74, 6) is 0.731. The van der Waals surface area contributed by atoms with Crippen molar-refractivity contribution in [1.82, 2.24) is 10.6 Å². The van der Waals surface area contributed by atoms with E-state index in [1.807, 2.05) is 51.1 Å². The van der Waals surface area contributed by atoms with Crippen LogP contribution in [0.1, 0.15) is 42.6 Å². The number of hydrogen-bond donors (Lipinski definition) is 2. The Labute approximate surface area is 166 Å². The Bertz CT molecular complexity index is 777. The molecule has 2 rings (SSSR count). The number of hydrogen-bond acceptors (Lipinski definition) is 4. The fourth-order valence-electron chi connectivity index (χ4n) is 2.68. The zero-order valence-corrected chi connectivity index (χ0v) is 16.7. The molecule has 6 heteroatoms. The van der Waals surface area contributed by atoms with Crippen molar-refractivity contribution in [1.29, 1.82) is 0 Å². The predicted octanol–water partition coefficient (Wildman–Crippen LogP) is 3.13. The lowest BCUT2D eigenvalue weighted by Crippen LogP contribution is -2.38. The summed E-state index contributed by atoms with van der Waals surface area (Å²) < 4.78 is 11.0. The molecule has 0 fully saturated rings. The quantitative estimate of drug-likeness (QED) is 0.660. The minimum Gasteiger partial charge on any atom is -0.490 e. The Kier molecular flexibility index (Phi) is 8.34. The van der Waals surface area contributed by atoms with E-state index in [1.54, 1.807) is 18.2 Å². The summed E-state index contributed by atoms with van der Waals surface area (Å²) in [4.78, 5) is 24.4. The molecule has 0 heterocycles. The Balaban J connectivity index is 1.85. The Hall–Kier alpha value is -3.02. The molecule has 2 amide bonds. The topological polar surface area (TPSA) is 76.7 Å². The second-order valence-corrected chi connectivity index (χ2v) is 6.33. The van der Waals surface area contributed by atoms with E-state index >= 15 is 0 Å². The monoisotopic (exact) mass is 384 g/mol. The maximum atomic E-state index is 12.3. The van der Waals surface area contributed by atoms with Gasteiger partial charge in [-0.05, 0) is 43.5 Å². The van der Waals surface area contributed by atoms with Crippen LogP contribution in [0.4, 0.5) is 0 Å². The number of nitrogens with one attached hydrogen (secondary N) is 2. The van der Waals surface area contributed by atoms with Crippen molar-refractivity contribution in [2.24, 2.45) is 0 Å². The fraction of sp³-hybridized carbons (Fsp3) is 0.364. The van der Waals surface area contributed by atoms with E-state index in [-0.39, 0.29) is 24.3 Å². The maximum Gasteiger partial charge on any atom is 0.251 e. The van der Waals surface area contributed by atoms with Crippen molar-refractivity contribution in [3.63, 3.8) is 0 Å². The van der Waals surface area contributed by atoms with Crippen LogP contribution >= 0.6 is 0 Å². The van der Waals surface area contributed by atoms with Crippen molar-refractivity contribution in [3.05, 3.63) is 59.7 Å². The Morgan fingerprint density at radius 1 is 0.929 bits per heavy atom. The number of ether oxygens (including phenoxy) is 2. The molecule has 0 aliphatic heterocycles. The standard InChI is InChI=1S/C22H28N2O4/c1-4-27-19-12-11-18(13-20(19)28-5-2)22(26)24-15-21(25)23-14-16(3)17-9-7-6-8-10-17/h6-13,16H,4-5,14-15H2,1-3H3,(H,23,25)(H,24,26). The van der Waals surface area contributed by atoms with Crippen molar-refractivity contribution < 1.29 is 19.1 Å². The van der Waals surface area contributed by atoms with Crippen molar-refractivity contribution in [2.75, 3.05) is 26.3 Å². The summed E-state index contributed by atoms with van der Waals surface area (Å²) in [6.07, 6.45) is 0. The van der Waals surface area contributed by atoms with E-state index < -0.39 is 0 Å². The third-order valence-electron chi connectivity index (χ3n) is 4.19. The third kappa shape index (κ3) is 6.30. The van der Waals surface area contributed by atoms with Crippen LogP contribution in [0.5, 0.6) is 11.5 Å². The number of carbonyl (C=O) groups excluding carboxylic acids is 2.